The van der Waals surface area contributed by atoms with Gasteiger partial charge in [0.05, 0.1) is 40.4 Å². The highest BCUT2D eigenvalue weighted by atomic mass is 16.5. The summed E-state index contributed by atoms with van der Waals surface area (Å²) in [4.78, 5) is 25.8. The molecular formula is C28H24O8. The molecule has 2 aliphatic rings. The highest BCUT2D eigenvalue weighted by Crippen LogP contribution is 2.50. The third-order valence-electron chi connectivity index (χ3n) is 6.32. The van der Waals surface area contributed by atoms with Crippen molar-refractivity contribution in [3.8, 4) is 34.5 Å². The highest BCUT2D eigenvalue weighted by molar-refractivity contribution is 6.15. The molecule has 0 saturated carbocycles. The first-order chi connectivity index (χ1) is 17.5. The van der Waals surface area contributed by atoms with E-state index in [1.165, 1.54) is 21.3 Å². The quantitative estimate of drug-likeness (QED) is 0.278. The number of para-hydroxylation sites is 1. The second-order valence-electron chi connectivity index (χ2n) is 8.22. The number of ketones is 1. The summed E-state index contributed by atoms with van der Waals surface area (Å²) in [6.45, 7) is 0. The van der Waals surface area contributed by atoms with Gasteiger partial charge in [0, 0.05) is 28.7 Å². The molecule has 8 heteroatoms. The molecule has 0 bridgehead atoms. The molecule has 0 radical (unpaired) electrons. The lowest BCUT2D eigenvalue weighted by Gasteiger charge is -2.27. The maximum absolute atomic E-state index is 13.4. The number of esters is 1. The van der Waals surface area contributed by atoms with Crippen LogP contribution in [0.15, 0.2) is 54.3 Å². The molecule has 1 atom stereocenters. The van der Waals surface area contributed by atoms with Crippen LogP contribution < -0.4 is 28.4 Å². The van der Waals surface area contributed by atoms with E-state index in [1.807, 2.05) is 24.3 Å². The normalized spacial score (nSPS) is 17.1. The van der Waals surface area contributed by atoms with Crippen molar-refractivity contribution in [2.24, 2.45) is 0 Å². The summed E-state index contributed by atoms with van der Waals surface area (Å²) >= 11 is 0. The fourth-order valence-electron chi connectivity index (χ4n) is 4.63. The maximum atomic E-state index is 13.4. The van der Waals surface area contributed by atoms with Gasteiger partial charge in [0.15, 0.2) is 17.3 Å². The second kappa shape index (κ2) is 9.30. The molecule has 184 valence electrons. The van der Waals surface area contributed by atoms with Gasteiger partial charge in [-0.2, -0.15) is 0 Å². The van der Waals surface area contributed by atoms with Crippen LogP contribution >= 0.6 is 0 Å². The molecule has 36 heavy (non-hydrogen) atoms. The van der Waals surface area contributed by atoms with Crippen molar-refractivity contribution in [1.29, 1.82) is 0 Å². The van der Waals surface area contributed by atoms with Gasteiger partial charge < -0.3 is 28.4 Å². The highest BCUT2D eigenvalue weighted by Gasteiger charge is 2.39. The number of hydrogen-bond donors (Lipinski definition) is 0. The van der Waals surface area contributed by atoms with E-state index in [2.05, 4.69) is 0 Å². The van der Waals surface area contributed by atoms with E-state index in [0.29, 0.717) is 51.2 Å². The summed E-state index contributed by atoms with van der Waals surface area (Å²) in [5.74, 6) is 1.86. The van der Waals surface area contributed by atoms with Crippen LogP contribution in [0.1, 0.15) is 39.4 Å². The fourth-order valence-corrected chi connectivity index (χ4v) is 4.63. The summed E-state index contributed by atoms with van der Waals surface area (Å²) < 4.78 is 33.5. The largest absolute Gasteiger partial charge is 0.496 e. The Kier molecular flexibility index (Phi) is 6.01. The standard InChI is InChI=1S/C28H24O8/c1-31-19-8-6-5-7-16(19)18-13-25(29)35-20-10-9-17-27(30)24(36-28(17)26(18)20)12-15-11-22(33-3)23(34-4)14-21(15)32-2/h5-12,14,18H,13H2,1-4H3/b24-12-. The first-order valence-corrected chi connectivity index (χ1v) is 11.2. The number of carbonyl (C=O) groups excluding carboxylic acids is 2. The topological polar surface area (TPSA) is 89.5 Å². The van der Waals surface area contributed by atoms with Crippen LogP contribution in [-0.4, -0.2) is 40.2 Å². The first kappa shape index (κ1) is 23.3. The lowest BCUT2D eigenvalue weighted by Crippen LogP contribution is -2.22. The van der Waals surface area contributed by atoms with E-state index in [0.717, 1.165) is 5.56 Å². The van der Waals surface area contributed by atoms with E-state index in [4.69, 9.17) is 28.4 Å². The minimum atomic E-state index is -0.407. The van der Waals surface area contributed by atoms with Gasteiger partial charge >= 0.3 is 5.97 Å². The number of methoxy groups -OCH3 is 4. The summed E-state index contributed by atoms with van der Waals surface area (Å²) in [5.41, 5.74) is 2.40. The van der Waals surface area contributed by atoms with Gasteiger partial charge in [0.1, 0.15) is 23.0 Å². The maximum Gasteiger partial charge on any atom is 0.312 e. The molecule has 2 heterocycles. The number of hydrogen-bond acceptors (Lipinski definition) is 8. The van der Waals surface area contributed by atoms with Gasteiger partial charge in [0.25, 0.3) is 0 Å². The molecule has 0 saturated heterocycles. The van der Waals surface area contributed by atoms with Crippen LogP contribution in [-0.2, 0) is 4.79 Å². The van der Waals surface area contributed by atoms with Gasteiger partial charge in [-0.15, -0.1) is 0 Å². The zero-order chi connectivity index (χ0) is 25.4. The van der Waals surface area contributed by atoms with Crippen molar-refractivity contribution in [2.75, 3.05) is 28.4 Å². The van der Waals surface area contributed by atoms with E-state index in [1.54, 1.807) is 37.5 Å². The minimum absolute atomic E-state index is 0.0872. The number of allylic oxidation sites excluding steroid dienone is 1. The molecule has 8 nitrogen and oxygen atoms in total. The Labute approximate surface area is 207 Å². The summed E-state index contributed by atoms with van der Waals surface area (Å²) in [6, 6.07) is 14.1. The van der Waals surface area contributed by atoms with Crippen molar-refractivity contribution < 1.29 is 38.0 Å². The summed E-state index contributed by atoms with van der Waals surface area (Å²) in [6.07, 6.45) is 1.69. The van der Waals surface area contributed by atoms with E-state index in [9.17, 15) is 9.59 Å². The molecule has 0 fully saturated rings. The summed E-state index contributed by atoms with van der Waals surface area (Å²) in [5, 5.41) is 0. The average Bonchev–Trinajstić information content (AvgIpc) is 3.22. The molecule has 5 rings (SSSR count). The van der Waals surface area contributed by atoms with Crippen LogP contribution in [0.2, 0.25) is 0 Å². The second-order valence-corrected chi connectivity index (χ2v) is 8.22. The smallest absolute Gasteiger partial charge is 0.312 e. The first-order valence-electron chi connectivity index (χ1n) is 11.2. The third-order valence-corrected chi connectivity index (χ3v) is 6.32. The van der Waals surface area contributed by atoms with Gasteiger partial charge in [-0.25, -0.2) is 0 Å². The minimum Gasteiger partial charge on any atom is -0.496 e. The SMILES string of the molecule is COc1cc(OC)c(OC)cc1/C=C1\Oc2c(ccc3c2C(c2ccccc2OC)CC(=O)O3)C1=O. The molecule has 0 aromatic heterocycles. The van der Waals surface area contributed by atoms with Crippen LogP contribution in [0.5, 0.6) is 34.5 Å². The lowest BCUT2D eigenvalue weighted by molar-refractivity contribution is -0.135. The van der Waals surface area contributed by atoms with Crippen molar-refractivity contribution >= 4 is 17.8 Å². The van der Waals surface area contributed by atoms with Crippen molar-refractivity contribution in [3.63, 3.8) is 0 Å². The molecule has 0 spiro atoms. The number of ether oxygens (including phenoxy) is 6. The average molecular weight is 488 g/mol. The van der Waals surface area contributed by atoms with E-state index in [-0.39, 0.29) is 23.9 Å². The van der Waals surface area contributed by atoms with Crippen LogP contribution in [0.4, 0.5) is 0 Å². The number of Topliss-reactive ketones (excluding diaryl/α,β-unsaturated/α-hetero) is 1. The number of benzene rings is 3. The zero-order valence-corrected chi connectivity index (χ0v) is 20.2. The predicted octanol–water partition coefficient (Wildman–Crippen LogP) is 4.78. The van der Waals surface area contributed by atoms with E-state index < -0.39 is 5.92 Å². The van der Waals surface area contributed by atoms with Crippen molar-refractivity contribution in [2.45, 2.75) is 12.3 Å². The van der Waals surface area contributed by atoms with Gasteiger partial charge in [-0.05, 0) is 30.3 Å². The Morgan fingerprint density at radius 3 is 2.22 bits per heavy atom. The molecule has 0 aliphatic carbocycles. The Bertz CT molecular complexity index is 1400. The molecular weight excluding hydrogens is 464 g/mol. The molecule has 0 N–H and O–H groups in total. The molecule has 3 aromatic carbocycles. The molecule has 3 aromatic rings. The molecule has 0 amide bonds. The monoisotopic (exact) mass is 488 g/mol. The van der Waals surface area contributed by atoms with Crippen LogP contribution in [0.3, 0.4) is 0 Å². The van der Waals surface area contributed by atoms with Gasteiger partial charge in [-0.3, -0.25) is 9.59 Å². The van der Waals surface area contributed by atoms with Gasteiger partial charge in [-0.1, -0.05) is 18.2 Å². The summed E-state index contributed by atoms with van der Waals surface area (Å²) in [7, 11) is 6.16. The van der Waals surface area contributed by atoms with Crippen LogP contribution in [0.25, 0.3) is 6.08 Å². The zero-order valence-electron chi connectivity index (χ0n) is 20.2. The Morgan fingerprint density at radius 2 is 1.50 bits per heavy atom. The van der Waals surface area contributed by atoms with Gasteiger partial charge in [0.2, 0.25) is 5.78 Å². The number of fused-ring (bicyclic) bond motifs is 3. The number of rotatable bonds is 6. The van der Waals surface area contributed by atoms with Crippen molar-refractivity contribution in [1.82, 2.24) is 0 Å². The number of carbonyl (C=O) groups is 2. The lowest BCUT2D eigenvalue weighted by atomic mass is 9.84. The van der Waals surface area contributed by atoms with E-state index >= 15 is 0 Å². The Morgan fingerprint density at radius 1 is 0.806 bits per heavy atom. The van der Waals surface area contributed by atoms with Crippen LogP contribution in [0, 0.1) is 0 Å². The molecule has 2 aliphatic heterocycles. The third kappa shape index (κ3) is 3.80. The fraction of sp³-hybridized carbons (Fsp3) is 0.214. The Balaban J connectivity index is 1.62. The Hall–Kier alpha value is -4.46. The predicted molar refractivity (Wildman–Crippen MR) is 131 cm³/mol. The van der Waals surface area contributed by atoms with Crippen molar-refractivity contribution in [3.05, 3.63) is 76.5 Å². The molecule has 1 unspecified atom stereocenters.